The molecule has 5 N–H and O–H groups in total. The van der Waals surface area contributed by atoms with Gasteiger partial charge in [-0.05, 0) is 30.7 Å². The van der Waals surface area contributed by atoms with Crippen LogP contribution in [0.2, 0.25) is 0 Å². The quantitative estimate of drug-likeness (QED) is 0.613. The summed E-state index contributed by atoms with van der Waals surface area (Å²) in [5, 5.41) is 13.7. The lowest BCUT2D eigenvalue weighted by atomic mass is 10.1. The van der Waals surface area contributed by atoms with Gasteiger partial charge in [0.2, 0.25) is 11.8 Å². The average Bonchev–Trinajstić information content (AvgIpc) is 2.37. The van der Waals surface area contributed by atoms with Crippen LogP contribution >= 0.6 is 0 Å². The fourth-order valence-corrected chi connectivity index (χ4v) is 1.49. The molecule has 0 saturated carbocycles. The zero-order valence-electron chi connectivity index (χ0n) is 11.1. The van der Waals surface area contributed by atoms with Gasteiger partial charge in [-0.25, -0.2) is 0 Å². The summed E-state index contributed by atoms with van der Waals surface area (Å²) in [6, 6.07) is 5.64. The molecule has 0 fully saturated rings. The lowest BCUT2D eigenvalue weighted by molar-refractivity contribution is -0.137. The second-order valence-corrected chi connectivity index (χ2v) is 4.29. The van der Waals surface area contributed by atoms with Gasteiger partial charge in [0, 0.05) is 24.7 Å². The normalized spacial score (nSPS) is 11.5. The molecule has 1 aromatic carbocycles. The highest BCUT2D eigenvalue weighted by atomic mass is 16.4. The number of carbonyl (C=O) groups excluding carboxylic acids is 2. The molecule has 0 aliphatic heterocycles. The molecule has 1 atom stereocenters. The first-order chi connectivity index (χ1) is 9.38. The summed E-state index contributed by atoms with van der Waals surface area (Å²) in [6.07, 6.45) is -0.0821. The van der Waals surface area contributed by atoms with Crippen molar-refractivity contribution in [1.82, 2.24) is 0 Å². The number of hydrogen-bond acceptors (Lipinski definition) is 4. The maximum atomic E-state index is 11.7. The first kappa shape index (κ1) is 15.6. The smallest absolute Gasteiger partial charge is 0.303 e. The predicted molar refractivity (Wildman–Crippen MR) is 74.2 cm³/mol. The molecule has 1 unspecified atom stereocenters. The molecule has 0 aliphatic carbocycles. The Morgan fingerprint density at radius 3 is 2.10 bits per heavy atom. The first-order valence-corrected chi connectivity index (χ1v) is 6.04. The zero-order chi connectivity index (χ0) is 15.1. The lowest BCUT2D eigenvalue weighted by Gasteiger charge is -2.11. The summed E-state index contributed by atoms with van der Waals surface area (Å²) in [6.45, 7) is 1.40. The summed E-state index contributed by atoms with van der Waals surface area (Å²) in [5.74, 6) is -1.62. The van der Waals surface area contributed by atoms with Crippen LogP contribution < -0.4 is 16.4 Å². The van der Waals surface area contributed by atoms with Gasteiger partial charge in [-0.15, -0.1) is 0 Å². The van der Waals surface area contributed by atoms with Crippen molar-refractivity contribution in [3.63, 3.8) is 0 Å². The zero-order valence-corrected chi connectivity index (χ0v) is 11.1. The maximum absolute atomic E-state index is 11.7. The van der Waals surface area contributed by atoms with E-state index >= 15 is 0 Å². The Morgan fingerprint density at radius 2 is 1.65 bits per heavy atom. The van der Waals surface area contributed by atoms with E-state index in [1.165, 1.54) is 6.92 Å². The van der Waals surface area contributed by atoms with Gasteiger partial charge >= 0.3 is 5.97 Å². The molecule has 0 radical (unpaired) electrons. The highest BCUT2D eigenvalue weighted by Crippen LogP contribution is 2.14. The standard InChI is InChI=1S/C13H17N3O4/c1-8(17)15-9-2-4-10(5-3-9)16-13(20)11(14)6-7-12(18)19/h2-5,11H,6-7,14H2,1H3,(H,15,17)(H,16,20)(H,18,19). The molecule has 108 valence electrons. The largest absolute Gasteiger partial charge is 0.481 e. The molecule has 0 heterocycles. The molecule has 0 aliphatic rings. The molecule has 0 aromatic heterocycles. The molecule has 7 nitrogen and oxygen atoms in total. The molecule has 0 spiro atoms. The van der Waals surface area contributed by atoms with Crippen molar-refractivity contribution in [2.24, 2.45) is 5.73 Å². The summed E-state index contributed by atoms with van der Waals surface area (Å²) in [5.41, 5.74) is 6.72. The molecule has 0 bridgehead atoms. The van der Waals surface area contributed by atoms with Crippen molar-refractivity contribution in [3.05, 3.63) is 24.3 Å². The monoisotopic (exact) mass is 279 g/mol. The first-order valence-electron chi connectivity index (χ1n) is 6.04. The van der Waals surface area contributed by atoms with Crippen molar-refractivity contribution in [3.8, 4) is 0 Å². The Hall–Kier alpha value is -2.41. The lowest BCUT2D eigenvalue weighted by Crippen LogP contribution is -2.36. The number of amides is 2. The summed E-state index contributed by atoms with van der Waals surface area (Å²) in [4.78, 5) is 32.9. The van der Waals surface area contributed by atoms with E-state index in [4.69, 9.17) is 10.8 Å². The number of aliphatic carboxylic acids is 1. The van der Waals surface area contributed by atoms with Gasteiger partial charge in [0.25, 0.3) is 0 Å². The van der Waals surface area contributed by atoms with Crippen LogP contribution in [0.15, 0.2) is 24.3 Å². The van der Waals surface area contributed by atoms with Gasteiger partial charge in [0.05, 0.1) is 6.04 Å². The van der Waals surface area contributed by atoms with E-state index in [1.54, 1.807) is 24.3 Å². The van der Waals surface area contributed by atoms with Crippen molar-refractivity contribution < 1.29 is 19.5 Å². The van der Waals surface area contributed by atoms with Gasteiger partial charge in [-0.1, -0.05) is 0 Å². The summed E-state index contributed by atoms with van der Waals surface area (Å²) >= 11 is 0. The third-order valence-corrected chi connectivity index (χ3v) is 2.48. The minimum Gasteiger partial charge on any atom is -0.481 e. The van der Waals surface area contributed by atoms with E-state index in [0.717, 1.165) is 0 Å². The topological polar surface area (TPSA) is 122 Å². The number of carboxylic acids is 1. The minimum atomic E-state index is -0.993. The van der Waals surface area contributed by atoms with Crippen LogP contribution in [0.3, 0.4) is 0 Å². The fraction of sp³-hybridized carbons (Fsp3) is 0.308. The highest BCUT2D eigenvalue weighted by Gasteiger charge is 2.14. The Labute approximate surface area is 116 Å². The molecule has 2 amide bonds. The molecular formula is C13H17N3O4. The van der Waals surface area contributed by atoms with Crippen molar-refractivity contribution in [2.45, 2.75) is 25.8 Å². The van der Waals surface area contributed by atoms with Crippen molar-refractivity contribution >= 4 is 29.2 Å². The van der Waals surface area contributed by atoms with Crippen LogP contribution in [0.1, 0.15) is 19.8 Å². The van der Waals surface area contributed by atoms with Gasteiger partial charge in [-0.3, -0.25) is 14.4 Å². The van der Waals surface area contributed by atoms with Gasteiger partial charge in [0.1, 0.15) is 0 Å². The van der Waals surface area contributed by atoms with Gasteiger partial charge in [-0.2, -0.15) is 0 Å². The Balaban J connectivity index is 2.53. The van der Waals surface area contributed by atoms with Crippen LogP contribution in [0, 0.1) is 0 Å². The van der Waals surface area contributed by atoms with Crippen LogP contribution in [0.25, 0.3) is 0 Å². The van der Waals surface area contributed by atoms with Gasteiger partial charge < -0.3 is 21.5 Å². The maximum Gasteiger partial charge on any atom is 0.303 e. The number of nitrogens with one attached hydrogen (secondary N) is 2. The van der Waals surface area contributed by atoms with Crippen LogP contribution in [-0.4, -0.2) is 28.9 Å². The summed E-state index contributed by atoms with van der Waals surface area (Å²) < 4.78 is 0. The molecule has 7 heteroatoms. The predicted octanol–water partition coefficient (Wildman–Crippen LogP) is 0.776. The summed E-state index contributed by atoms with van der Waals surface area (Å²) in [7, 11) is 0. The van der Waals surface area contributed by atoms with Crippen LogP contribution in [-0.2, 0) is 14.4 Å². The molecule has 0 saturated heterocycles. The Kier molecular flexibility index (Phi) is 5.67. The van der Waals surface area contributed by atoms with Crippen LogP contribution in [0.5, 0.6) is 0 Å². The molecular weight excluding hydrogens is 262 g/mol. The SMILES string of the molecule is CC(=O)Nc1ccc(NC(=O)C(N)CCC(=O)O)cc1. The van der Waals surface area contributed by atoms with Crippen LogP contribution in [0.4, 0.5) is 11.4 Å². The van der Waals surface area contributed by atoms with Crippen molar-refractivity contribution in [2.75, 3.05) is 10.6 Å². The second-order valence-electron chi connectivity index (χ2n) is 4.29. The number of carbonyl (C=O) groups is 3. The Morgan fingerprint density at radius 1 is 1.15 bits per heavy atom. The van der Waals surface area contributed by atoms with E-state index < -0.39 is 17.9 Å². The molecule has 1 rings (SSSR count). The molecule has 1 aromatic rings. The third-order valence-electron chi connectivity index (χ3n) is 2.48. The third kappa shape index (κ3) is 5.49. The van der Waals surface area contributed by atoms with E-state index in [2.05, 4.69) is 10.6 Å². The number of hydrogen-bond donors (Lipinski definition) is 4. The van der Waals surface area contributed by atoms with E-state index in [9.17, 15) is 14.4 Å². The number of carboxylic acid groups (broad SMARTS) is 1. The Bertz CT molecular complexity index is 499. The molecule has 20 heavy (non-hydrogen) atoms. The fourth-order valence-electron chi connectivity index (χ4n) is 1.49. The van der Waals surface area contributed by atoms with E-state index in [0.29, 0.717) is 11.4 Å². The number of nitrogens with two attached hydrogens (primary N) is 1. The minimum absolute atomic E-state index is 0.0745. The van der Waals surface area contributed by atoms with E-state index in [-0.39, 0.29) is 18.7 Å². The number of rotatable bonds is 6. The highest BCUT2D eigenvalue weighted by molar-refractivity contribution is 5.95. The average molecular weight is 279 g/mol. The number of benzene rings is 1. The number of anilines is 2. The second kappa shape index (κ2) is 7.25. The van der Waals surface area contributed by atoms with Gasteiger partial charge in [0.15, 0.2) is 0 Å². The van der Waals surface area contributed by atoms with Crippen molar-refractivity contribution in [1.29, 1.82) is 0 Å². The van der Waals surface area contributed by atoms with E-state index in [1.807, 2.05) is 0 Å².